The van der Waals surface area contributed by atoms with Crippen LogP contribution in [-0.2, 0) is 22.7 Å². The Morgan fingerprint density at radius 1 is 1.35 bits per heavy atom. The fraction of sp³-hybridized carbons (Fsp3) is 0.500. The van der Waals surface area contributed by atoms with E-state index in [1.54, 1.807) is 0 Å². The van der Waals surface area contributed by atoms with Crippen molar-refractivity contribution in [3.8, 4) is 0 Å². The molecule has 1 fully saturated rings. The molecule has 0 spiro atoms. The molecule has 1 aliphatic heterocycles. The molecular weight excluding hydrogens is 293 g/mol. The van der Waals surface area contributed by atoms with Crippen LogP contribution >= 0.6 is 0 Å². The Kier molecular flexibility index (Phi) is 4.36. The predicted molar refractivity (Wildman–Crippen MR) is 68.5 cm³/mol. The van der Waals surface area contributed by atoms with Crippen molar-refractivity contribution in [2.24, 2.45) is 0 Å². The van der Waals surface area contributed by atoms with Crippen LogP contribution in [0.4, 0.5) is 13.2 Å². The van der Waals surface area contributed by atoms with Crippen LogP contribution in [0.5, 0.6) is 0 Å². The summed E-state index contributed by atoms with van der Waals surface area (Å²) in [7, 11) is -3.50. The molecule has 4 nitrogen and oxygen atoms in total. The quantitative estimate of drug-likeness (QED) is 0.886. The summed E-state index contributed by atoms with van der Waals surface area (Å²) in [6, 6.07) is 4.64. The van der Waals surface area contributed by atoms with Gasteiger partial charge in [-0.1, -0.05) is 18.2 Å². The molecule has 112 valence electrons. The van der Waals surface area contributed by atoms with Crippen LogP contribution in [-0.4, -0.2) is 26.8 Å². The second-order valence-corrected chi connectivity index (χ2v) is 6.72. The standard InChI is InChI=1S/C12H15F3N2O2S/c13-12(14,15)10-3-1-2-9(6-10)7-17-20(18,19)11-4-5-16-8-11/h1-3,6,11,16-17H,4-5,7-8H2. The predicted octanol–water partition coefficient (Wildman–Crippen LogP) is 1.49. The molecule has 0 bridgehead atoms. The summed E-state index contributed by atoms with van der Waals surface area (Å²) in [5.74, 6) is 0. The zero-order valence-corrected chi connectivity index (χ0v) is 11.4. The maximum atomic E-state index is 12.5. The van der Waals surface area contributed by atoms with Gasteiger partial charge in [0.25, 0.3) is 0 Å². The Morgan fingerprint density at radius 3 is 2.70 bits per heavy atom. The summed E-state index contributed by atoms with van der Waals surface area (Å²) in [5.41, 5.74) is -0.494. The van der Waals surface area contributed by atoms with E-state index in [1.807, 2.05) is 0 Å². The second-order valence-electron chi connectivity index (χ2n) is 4.68. The van der Waals surface area contributed by atoms with Crippen LogP contribution in [0.25, 0.3) is 0 Å². The lowest BCUT2D eigenvalue weighted by Crippen LogP contribution is -2.35. The molecule has 1 unspecified atom stereocenters. The van der Waals surface area contributed by atoms with Crippen molar-refractivity contribution in [1.29, 1.82) is 0 Å². The monoisotopic (exact) mass is 308 g/mol. The van der Waals surface area contributed by atoms with E-state index in [-0.39, 0.29) is 12.1 Å². The van der Waals surface area contributed by atoms with Gasteiger partial charge < -0.3 is 5.32 Å². The summed E-state index contributed by atoms with van der Waals surface area (Å²) >= 11 is 0. The first-order valence-corrected chi connectivity index (χ1v) is 7.69. The fourth-order valence-electron chi connectivity index (χ4n) is 2.05. The van der Waals surface area contributed by atoms with Gasteiger partial charge in [0.15, 0.2) is 0 Å². The average molecular weight is 308 g/mol. The number of nitrogens with one attached hydrogen (secondary N) is 2. The van der Waals surface area contributed by atoms with Crippen molar-refractivity contribution in [1.82, 2.24) is 10.0 Å². The lowest BCUT2D eigenvalue weighted by molar-refractivity contribution is -0.137. The summed E-state index contributed by atoms with van der Waals surface area (Å²) < 4.78 is 63.8. The lowest BCUT2D eigenvalue weighted by atomic mass is 10.1. The van der Waals surface area contributed by atoms with E-state index in [4.69, 9.17) is 0 Å². The Hall–Kier alpha value is -1.12. The largest absolute Gasteiger partial charge is 0.416 e. The minimum atomic E-state index is -4.43. The summed E-state index contributed by atoms with van der Waals surface area (Å²) in [6.45, 7) is 0.871. The molecule has 2 rings (SSSR count). The topological polar surface area (TPSA) is 58.2 Å². The molecule has 1 heterocycles. The molecule has 2 N–H and O–H groups in total. The van der Waals surface area contributed by atoms with Crippen molar-refractivity contribution in [2.45, 2.75) is 24.4 Å². The van der Waals surface area contributed by atoms with Crippen LogP contribution in [0.1, 0.15) is 17.5 Å². The third-order valence-corrected chi connectivity index (χ3v) is 5.01. The first-order chi connectivity index (χ1) is 9.29. The molecule has 0 aliphatic carbocycles. The van der Waals surface area contributed by atoms with Crippen molar-refractivity contribution in [3.63, 3.8) is 0 Å². The molecule has 1 aromatic rings. The molecule has 0 aromatic heterocycles. The number of halogens is 3. The zero-order valence-electron chi connectivity index (χ0n) is 10.6. The van der Waals surface area contributed by atoms with Gasteiger partial charge in [0.05, 0.1) is 10.8 Å². The highest BCUT2D eigenvalue weighted by Crippen LogP contribution is 2.29. The maximum Gasteiger partial charge on any atom is 0.416 e. The zero-order chi connectivity index (χ0) is 14.8. The van der Waals surface area contributed by atoms with E-state index in [1.165, 1.54) is 12.1 Å². The Labute approximate surface area is 115 Å². The number of benzene rings is 1. The van der Waals surface area contributed by atoms with Gasteiger partial charge in [-0.2, -0.15) is 13.2 Å². The molecule has 8 heteroatoms. The van der Waals surface area contributed by atoms with Crippen LogP contribution in [0.15, 0.2) is 24.3 Å². The van der Waals surface area contributed by atoms with Gasteiger partial charge in [0.2, 0.25) is 10.0 Å². The van der Waals surface area contributed by atoms with Gasteiger partial charge in [-0.15, -0.1) is 0 Å². The molecule has 1 aliphatic rings. The van der Waals surface area contributed by atoms with Crippen molar-refractivity contribution in [3.05, 3.63) is 35.4 Å². The molecule has 0 radical (unpaired) electrons. The first-order valence-electron chi connectivity index (χ1n) is 6.14. The van der Waals surface area contributed by atoms with E-state index in [0.717, 1.165) is 12.1 Å². The van der Waals surface area contributed by atoms with E-state index < -0.39 is 27.0 Å². The molecule has 0 saturated carbocycles. The number of sulfonamides is 1. The van der Waals surface area contributed by atoms with Gasteiger partial charge in [-0.05, 0) is 24.6 Å². The van der Waals surface area contributed by atoms with Gasteiger partial charge in [-0.25, -0.2) is 13.1 Å². The van der Waals surface area contributed by atoms with Crippen LogP contribution in [0, 0.1) is 0 Å². The molecule has 0 amide bonds. The molecule has 1 saturated heterocycles. The SMILES string of the molecule is O=S(=O)(NCc1cccc(C(F)(F)F)c1)C1CCNC1. The number of hydrogen-bond acceptors (Lipinski definition) is 3. The highest BCUT2D eigenvalue weighted by Gasteiger charge is 2.31. The van der Waals surface area contributed by atoms with Crippen LogP contribution in [0.3, 0.4) is 0 Å². The van der Waals surface area contributed by atoms with Gasteiger partial charge in [-0.3, -0.25) is 0 Å². The molecule has 20 heavy (non-hydrogen) atoms. The summed E-state index contributed by atoms with van der Waals surface area (Å²) in [5, 5.41) is 2.42. The van der Waals surface area contributed by atoms with Gasteiger partial charge in [0.1, 0.15) is 0 Å². The third-order valence-electron chi connectivity index (χ3n) is 3.19. The normalized spacial score (nSPS) is 20.2. The van der Waals surface area contributed by atoms with E-state index in [0.29, 0.717) is 19.5 Å². The van der Waals surface area contributed by atoms with E-state index in [2.05, 4.69) is 10.0 Å². The highest BCUT2D eigenvalue weighted by atomic mass is 32.2. The highest BCUT2D eigenvalue weighted by molar-refractivity contribution is 7.90. The van der Waals surface area contributed by atoms with Crippen molar-refractivity contribution >= 4 is 10.0 Å². The van der Waals surface area contributed by atoms with Crippen LogP contribution in [0.2, 0.25) is 0 Å². The smallest absolute Gasteiger partial charge is 0.315 e. The minimum Gasteiger partial charge on any atom is -0.315 e. The summed E-state index contributed by atoms with van der Waals surface area (Å²) in [6.07, 6.45) is -3.91. The maximum absolute atomic E-state index is 12.5. The molecule has 1 atom stereocenters. The fourth-order valence-corrected chi connectivity index (χ4v) is 3.42. The average Bonchev–Trinajstić information content (AvgIpc) is 2.90. The van der Waals surface area contributed by atoms with Gasteiger partial charge in [0, 0.05) is 13.1 Å². The molecular formula is C12H15F3N2O2S. The van der Waals surface area contributed by atoms with Gasteiger partial charge >= 0.3 is 6.18 Å². The van der Waals surface area contributed by atoms with E-state index in [9.17, 15) is 21.6 Å². The van der Waals surface area contributed by atoms with Crippen molar-refractivity contribution < 1.29 is 21.6 Å². The van der Waals surface area contributed by atoms with Crippen LogP contribution < -0.4 is 10.0 Å². The summed E-state index contributed by atoms with van der Waals surface area (Å²) in [4.78, 5) is 0. The third kappa shape index (κ3) is 3.71. The Bertz CT molecular complexity index is 566. The number of hydrogen-bond donors (Lipinski definition) is 2. The molecule has 1 aromatic carbocycles. The lowest BCUT2D eigenvalue weighted by Gasteiger charge is -2.13. The second kappa shape index (κ2) is 5.71. The number of rotatable bonds is 4. The Morgan fingerprint density at radius 2 is 2.10 bits per heavy atom. The van der Waals surface area contributed by atoms with E-state index >= 15 is 0 Å². The number of alkyl halides is 3. The minimum absolute atomic E-state index is 0.136. The Balaban J connectivity index is 2.04. The van der Waals surface area contributed by atoms with Crippen molar-refractivity contribution in [2.75, 3.05) is 13.1 Å². The first kappa shape index (κ1) is 15.3.